The fourth-order valence-electron chi connectivity index (χ4n) is 4.14. The summed E-state index contributed by atoms with van der Waals surface area (Å²) < 4.78 is 6.57. The number of hydrogen-bond acceptors (Lipinski definition) is 5. The molecule has 1 saturated carbocycles. The zero-order chi connectivity index (χ0) is 21.1. The first-order valence-electron chi connectivity index (χ1n) is 10.4. The number of rotatable bonds is 5. The van der Waals surface area contributed by atoms with Crippen LogP contribution in [0.2, 0.25) is 0 Å². The quantitative estimate of drug-likeness (QED) is 0.561. The lowest BCUT2D eigenvalue weighted by Gasteiger charge is -2.28. The first kappa shape index (κ1) is 20.5. The number of fused-ring (bicyclic) bond motifs is 1. The van der Waals surface area contributed by atoms with Crippen molar-refractivity contribution in [3.8, 4) is 0 Å². The number of hydrogen-bond donors (Lipinski definition) is 1. The van der Waals surface area contributed by atoms with Gasteiger partial charge in [-0.3, -0.25) is 9.59 Å². The van der Waals surface area contributed by atoms with Crippen LogP contribution in [0.25, 0.3) is 10.2 Å². The number of thiazole rings is 1. The Morgan fingerprint density at radius 2 is 1.93 bits per heavy atom. The van der Waals surface area contributed by atoms with E-state index in [-0.39, 0.29) is 30.3 Å². The number of carbonyl (C=O) groups is 2. The molecule has 0 aliphatic heterocycles. The van der Waals surface area contributed by atoms with Gasteiger partial charge in [0.05, 0.1) is 21.1 Å². The Bertz CT molecular complexity index is 1040. The molecule has 2 aromatic carbocycles. The van der Waals surface area contributed by atoms with Gasteiger partial charge in [0.2, 0.25) is 0 Å². The Morgan fingerprint density at radius 3 is 2.73 bits per heavy atom. The van der Waals surface area contributed by atoms with Gasteiger partial charge in [-0.15, -0.1) is 11.3 Å². The number of carbonyl (C=O) groups excluding carboxylic acids is 2. The first-order valence-corrected chi connectivity index (χ1v) is 11.2. The van der Waals surface area contributed by atoms with E-state index in [4.69, 9.17) is 9.72 Å². The average Bonchev–Trinajstić information content (AvgIpc) is 3.18. The van der Waals surface area contributed by atoms with E-state index in [1.807, 2.05) is 50.2 Å². The number of aromatic nitrogens is 1. The third kappa shape index (κ3) is 4.54. The third-order valence-electron chi connectivity index (χ3n) is 5.70. The molecule has 6 heteroatoms. The van der Waals surface area contributed by atoms with E-state index in [1.54, 1.807) is 11.3 Å². The maximum atomic E-state index is 12.8. The van der Waals surface area contributed by atoms with Crippen molar-refractivity contribution in [1.82, 2.24) is 4.98 Å². The van der Waals surface area contributed by atoms with Crippen LogP contribution in [-0.2, 0) is 14.3 Å². The third-order valence-corrected chi connectivity index (χ3v) is 6.87. The molecular formula is C24H26N2O3S. The van der Waals surface area contributed by atoms with E-state index < -0.39 is 0 Å². The Labute approximate surface area is 180 Å². The lowest BCUT2D eigenvalue weighted by molar-refractivity contribution is -0.153. The first-order chi connectivity index (χ1) is 14.5. The Morgan fingerprint density at radius 1 is 1.13 bits per heavy atom. The number of nitrogens with one attached hydrogen (secondary N) is 1. The van der Waals surface area contributed by atoms with Crippen LogP contribution in [0.4, 0.5) is 5.69 Å². The van der Waals surface area contributed by atoms with Crippen LogP contribution in [-0.4, -0.2) is 23.5 Å². The predicted octanol–water partition coefficient (Wildman–Crippen LogP) is 5.37. The largest absolute Gasteiger partial charge is 0.455 e. The van der Waals surface area contributed by atoms with Crippen molar-refractivity contribution in [3.63, 3.8) is 0 Å². The summed E-state index contributed by atoms with van der Waals surface area (Å²) in [7, 11) is 0. The second kappa shape index (κ2) is 8.96. The molecule has 3 aromatic rings. The number of para-hydroxylation sites is 1. The van der Waals surface area contributed by atoms with Crippen molar-refractivity contribution in [2.24, 2.45) is 5.92 Å². The standard InChI is InChI=1S/C24H26N2O3S/c1-15-11-12-19(16(2)13-15)25-22(27)14-29-24(28)18-8-4-3-7-17(18)23-26-20-9-5-6-10-21(20)30-23/h5-6,9-13,17-18H,3-4,7-8,14H2,1-2H3,(H,25,27)/t17-,18-/m0/s1. The highest BCUT2D eigenvalue weighted by atomic mass is 32.1. The molecule has 0 unspecified atom stereocenters. The molecule has 5 nitrogen and oxygen atoms in total. The van der Waals surface area contributed by atoms with E-state index in [0.29, 0.717) is 0 Å². The number of amides is 1. The Balaban J connectivity index is 1.40. The summed E-state index contributed by atoms with van der Waals surface area (Å²) in [5.74, 6) is -0.795. The highest BCUT2D eigenvalue weighted by molar-refractivity contribution is 7.18. The molecule has 30 heavy (non-hydrogen) atoms. The zero-order valence-electron chi connectivity index (χ0n) is 17.3. The van der Waals surface area contributed by atoms with Crippen LogP contribution >= 0.6 is 11.3 Å². The van der Waals surface area contributed by atoms with Crippen molar-refractivity contribution in [3.05, 3.63) is 58.6 Å². The molecule has 4 rings (SSSR count). The Kier molecular flexibility index (Phi) is 6.13. The van der Waals surface area contributed by atoms with Crippen LogP contribution in [0.5, 0.6) is 0 Å². The summed E-state index contributed by atoms with van der Waals surface area (Å²) in [5, 5.41) is 3.83. The monoisotopic (exact) mass is 422 g/mol. The van der Waals surface area contributed by atoms with Gasteiger partial charge in [-0.2, -0.15) is 0 Å². The molecule has 1 heterocycles. The van der Waals surface area contributed by atoms with Crippen molar-refractivity contribution >= 4 is 39.1 Å². The summed E-state index contributed by atoms with van der Waals surface area (Å²) in [4.78, 5) is 29.9. The minimum atomic E-state index is -0.317. The summed E-state index contributed by atoms with van der Waals surface area (Å²) in [6.07, 6.45) is 3.78. The number of nitrogens with zero attached hydrogens (tertiary/aromatic N) is 1. The fraction of sp³-hybridized carbons (Fsp3) is 0.375. The molecule has 1 fully saturated rings. The van der Waals surface area contributed by atoms with Gasteiger partial charge in [0, 0.05) is 11.6 Å². The molecule has 1 aromatic heterocycles. The highest BCUT2D eigenvalue weighted by Crippen LogP contribution is 2.41. The fourth-order valence-corrected chi connectivity index (χ4v) is 5.31. The van der Waals surface area contributed by atoms with Crippen LogP contribution < -0.4 is 5.32 Å². The number of aryl methyl sites for hydroxylation is 2. The van der Waals surface area contributed by atoms with Crippen LogP contribution in [0.15, 0.2) is 42.5 Å². The Hall–Kier alpha value is -2.73. The van der Waals surface area contributed by atoms with Crippen molar-refractivity contribution in [1.29, 1.82) is 0 Å². The molecule has 0 saturated heterocycles. The smallest absolute Gasteiger partial charge is 0.310 e. The number of anilines is 1. The second-order valence-electron chi connectivity index (χ2n) is 7.99. The van der Waals surface area contributed by atoms with Gasteiger partial charge in [0.15, 0.2) is 6.61 Å². The molecule has 2 atom stereocenters. The van der Waals surface area contributed by atoms with Crippen molar-refractivity contribution in [2.75, 3.05) is 11.9 Å². The van der Waals surface area contributed by atoms with Gasteiger partial charge in [-0.1, -0.05) is 42.7 Å². The number of ether oxygens (including phenoxy) is 1. The van der Waals surface area contributed by atoms with E-state index in [2.05, 4.69) is 11.4 Å². The summed E-state index contributed by atoms with van der Waals surface area (Å²) in [5.41, 5.74) is 3.84. The normalized spacial score (nSPS) is 18.9. The number of esters is 1. The molecule has 1 N–H and O–H groups in total. The predicted molar refractivity (Wildman–Crippen MR) is 120 cm³/mol. The van der Waals surface area contributed by atoms with E-state index in [9.17, 15) is 9.59 Å². The minimum absolute atomic E-state index is 0.0612. The molecule has 0 spiro atoms. The number of benzene rings is 2. The molecule has 0 radical (unpaired) electrons. The van der Waals surface area contributed by atoms with Gasteiger partial charge in [-0.25, -0.2) is 4.98 Å². The zero-order valence-corrected chi connectivity index (χ0v) is 18.1. The maximum absolute atomic E-state index is 12.8. The lowest BCUT2D eigenvalue weighted by atomic mass is 9.79. The topological polar surface area (TPSA) is 68.3 Å². The summed E-state index contributed by atoms with van der Waals surface area (Å²) in [6, 6.07) is 13.9. The summed E-state index contributed by atoms with van der Waals surface area (Å²) >= 11 is 1.66. The molecule has 156 valence electrons. The van der Waals surface area contributed by atoms with Crippen LogP contribution in [0.1, 0.15) is 47.7 Å². The van der Waals surface area contributed by atoms with Crippen molar-refractivity contribution in [2.45, 2.75) is 45.4 Å². The maximum Gasteiger partial charge on any atom is 0.310 e. The second-order valence-corrected chi connectivity index (χ2v) is 9.05. The average molecular weight is 423 g/mol. The molecule has 1 aliphatic rings. The van der Waals surface area contributed by atoms with Gasteiger partial charge in [-0.05, 0) is 50.5 Å². The van der Waals surface area contributed by atoms with Crippen molar-refractivity contribution < 1.29 is 14.3 Å². The van der Waals surface area contributed by atoms with E-state index >= 15 is 0 Å². The van der Waals surface area contributed by atoms with E-state index in [0.717, 1.165) is 57.7 Å². The lowest BCUT2D eigenvalue weighted by Crippen LogP contribution is -2.30. The molecule has 1 aliphatic carbocycles. The molecular weight excluding hydrogens is 396 g/mol. The van der Waals surface area contributed by atoms with Gasteiger partial charge in [0.1, 0.15) is 0 Å². The molecule has 0 bridgehead atoms. The van der Waals surface area contributed by atoms with Gasteiger partial charge < -0.3 is 10.1 Å². The molecule has 1 amide bonds. The van der Waals surface area contributed by atoms with Gasteiger partial charge >= 0.3 is 5.97 Å². The minimum Gasteiger partial charge on any atom is -0.455 e. The summed E-state index contributed by atoms with van der Waals surface area (Å²) in [6.45, 7) is 3.68. The van der Waals surface area contributed by atoms with Crippen LogP contribution in [0.3, 0.4) is 0 Å². The van der Waals surface area contributed by atoms with Crippen LogP contribution in [0, 0.1) is 19.8 Å². The van der Waals surface area contributed by atoms with Gasteiger partial charge in [0.25, 0.3) is 5.91 Å². The SMILES string of the molecule is Cc1ccc(NC(=O)COC(=O)[C@H]2CCCC[C@@H]2c2nc3ccccc3s2)c(C)c1. The highest BCUT2D eigenvalue weighted by Gasteiger charge is 2.35. The van der Waals surface area contributed by atoms with E-state index in [1.165, 1.54) is 0 Å².